The number of hydrogen-bond donors (Lipinski definition) is 9. The van der Waals surface area contributed by atoms with Crippen molar-refractivity contribution in [2.75, 3.05) is 25.1 Å². The third-order valence-electron chi connectivity index (χ3n) is 5.42. The highest BCUT2D eigenvalue weighted by molar-refractivity contribution is 7.98. The van der Waals surface area contributed by atoms with Gasteiger partial charge in [0.25, 0.3) is 0 Å². The molecule has 14 N–H and O–H groups in total. The van der Waals surface area contributed by atoms with Crippen LogP contribution in [0.15, 0.2) is 4.99 Å². The number of aliphatic imine (C=N–C) groups is 1. The Balaban J connectivity index is 5.42. The first-order chi connectivity index (χ1) is 17.9. The Labute approximate surface area is 226 Å². The van der Waals surface area contributed by atoms with Gasteiger partial charge in [0, 0.05) is 13.0 Å². The van der Waals surface area contributed by atoms with Gasteiger partial charge < -0.3 is 49.7 Å². The van der Waals surface area contributed by atoms with Crippen LogP contribution in [0.2, 0.25) is 0 Å². The molecule has 0 saturated heterocycles. The number of aliphatic carboxylic acids is 1. The van der Waals surface area contributed by atoms with Gasteiger partial charge >= 0.3 is 5.97 Å². The molecule has 0 saturated carbocycles. The molecule has 15 nitrogen and oxygen atoms in total. The molecule has 0 bridgehead atoms. The highest BCUT2D eigenvalue weighted by Crippen LogP contribution is 2.07. The second kappa shape index (κ2) is 19.9. The van der Waals surface area contributed by atoms with Gasteiger partial charge in [-0.25, -0.2) is 4.79 Å². The Morgan fingerprint density at radius 2 is 1.39 bits per heavy atom. The van der Waals surface area contributed by atoms with Gasteiger partial charge in [-0.2, -0.15) is 11.8 Å². The Kier molecular flexibility index (Phi) is 18.3. The van der Waals surface area contributed by atoms with Crippen molar-refractivity contribution in [3.8, 4) is 0 Å². The molecule has 4 amide bonds. The second-order valence-corrected chi connectivity index (χ2v) is 9.63. The molecule has 4 unspecified atom stereocenters. The number of hydrogen-bond acceptors (Lipinski definition) is 9. The van der Waals surface area contributed by atoms with Crippen LogP contribution in [0, 0.1) is 0 Å². The van der Waals surface area contributed by atoms with Crippen LogP contribution in [-0.2, 0) is 24.0 Å². The van der Waals surface area contributed by atoms with Crippen molar-refractivity contribution < 1.29 is 29.1 Å². The van der Waals surface area contributed by atoms with Crippen molar-refractivity contribution in [1.82, 2.24) is 16.0 Å². The SMILES string of the molecule is CSCCC(NC(=O)C(CCC(N)=O)NC(=O)C(N)CCCN=C(N)N)C(=O)NC(CCCCN)C(=O)O. The Bertz CT molecular complexity index is 810. The molecule has 0 radical (unpaired) electrons. The van der Waals surface area contributed by atoms with Crippen LogP contribution >= 0.6 is 11.8 Å². The van der Waals surface area contributed by atoms with E-state index in [1.165, 1.54) is 11.8 Å². The number of carbonyl (C=O) groups is 5. The fourth-order valence-electron chi connectivity index (χ4n) is 3.28. The zero-order chi connectivity index (χ0) is 29.1. The molecule has 0 fully saturated rings. The molecule has 4 atom stereocenters. The van der Waals surface area contributed by atoms with Gasteiger partial charge in [0.15, 0.2) is 5.96 Å². The van der Waals surface area contributed by atoms with Crippen LogP contribution in [0.25, 0.3) is 0 Å². The van der Waals surface area contributed by atoms with Gasteiger partial charge in [-0.15, -0.1) is 0 Å². The number of unbranched alkanes of at least 4 members (excludes halogenated alkanes) is 1. The summed E-state index contributed by atoms with van der Waals surface area (Å²) in [7, 11) is 0. The number of nitrogens with zero attached hydrogens (tertiary/aromatic N) is 1. The van der Waals surface area contributed by atoms with Crippen molar-refractivity contribution in [2.24, 2.45) is 33.7 Å². The lowest BCUT2D eigenvalue weighted by Crippen LogP contribution is -2.57. The summed E-state index contributed by atoms with van der Waals surface area (Å²) >= 11 is 1.43. The summed E-state index contributed by atoms with van der Waals surface area (Å²) in [6.45, 7) is 0.662. The summed E-state index contributed by atoms with van der Waals surface area (Å²) in [6, 6.07) is -4.41. The lowest BCUT2D eigenvalue weighted by atomic mass is 10.1. The van der Waals surface area contributed by atoms with Gasteiger partial charge in [0.2, 0.25) is 23.6 Å². The predicted octanol–water partition coefficient (Wildman–Crippen LogP) is -2.95. The van der Waals surface area contributed by atoms with Crippen molar-refractivity contribution in [3.63, 3.8) is 0 Å². The monoisotopic (exact) mass is 561 g/mol. The number of rotatable bonds is 21. The first-order valence-corrected chi connectivity index (χ1v) is 13.7. The first-order valence-electron chi connectivity index (χ1n) is 12.3. The molecule has 0 aliphatic rings. The molecule has 0 aromatic rings. The molecule has 0 aliphatic carbocycles. The van der Waals surface area contributed by atoms with Crippen molar-refractivity contribution in [3.05, 3.63) is 0 Å². The van der Waals surface area contributed by atoms with E-state index in [1.54, 1.807) is 0 Å². The topological polar surface area (TPSA) is 284 Å². The summed E-state index contributed by atoms with van der Waals surface area (Å²) in [5.41, 5.74) is 27.1. The van der Waals surface area contributed by atoms with Crippen molar-refractivity contribution in [1.29, 1.82) is 0 Å². The summed E-state index contributed by atoms with van der Waals surface area (Å²) < 4.78 is 0. The van der Waals surface area contributed by atoms with Gasteiger partial charge in [-0.3, -0.25) is 24.2 Å². The maximum Gasteiger partial charge on any atom is 0.326 e. The number of guanidine groups is 1. The lowest BCUT2D eigenvalue weighted by Gasteiger charge is -2.25. The maximum absolute atomic E-state index is 13.1. The van der Waals surface area contributed by atoms with Gasteiger partial charge in [0.1, 0.15) is 18.1 Å². The number of carboxylic acid groups (broad SMARTS) is 1. The highest BCUT2D eigenvalue weighted by atomic mass is 32.2. The standard InChI is InChI=1S/C22H43N9O6S/c1-38-12-9-15(20(35)31-16(21(36)37)6-2-3-10-23)30-19(34)14(7-8-17(25)32)29-18(33)13(24)5-4-11-28-22(26)27/h13-16H,2-12,23-24H2,1H3,(H2,25,32)(H,29,33)(H,30,34)(H,31,35)(H,36,37)(H4,26,27,28). The number of nitrogens with two attached hydrogens (primary N) is 5. The fraction of sp³-hybridized carbons (Fsp3) is 0.727. The third kappa shape index (κ3) is 15.9. The molecule has 16 heteroatoms. The Morgan fingerprint density at radius 1 is 0.816 bits per heavy atom. The summed E-state index contributed by atoms with van der Waals surface area (Å²) in [5, 5.41) is 17.0. The number of nitrogens with one attached hydrogen (secondary N) is 3. The fourth-order valence-corrected chi connectivity index (χ4v) is 3.76. The zero-order valence-corrected chi connectivity index (χ0v) is 22.6. The van der Waals surface area contributed by atoms with E-state index in [0.29, 0.717) is 31.6 Å². The van der Waals surface area contributed by atoms with E-state index >= 15 is 0 Å². The van der Waals surface area contributed by atoms with E-state index in [1.807, 2.05) is 6.26 Å². The van der Waals surface area contributed by atoms with E-state index in [9.17, 15) is 29.1 Å². The van der Waals surface area contributed by atoms with Crippen LogP contribution < -0.4 is 44.6 Å². The molecule has 0 heterocycles. The molecular formula is C22H43N9O6S. The van der Waals surface area contributed by atoms with Crippen molar-refractivity contribution >= 4 is 47.3 Å². The van der Waals surface area contributed by atoms with E-state index in [4.69, 9.17) is 28.7 Å². The first kappa shape index (κ1) is 34.9. The number of primary amides is 1. The van der Waals surface area contributed by atoms with Crippen LogP contribution in [-0.4, -0.2) is 89.9 Å². The van der Waals surface area contributed by atoms with Crippen molar-refractivity contribution in [2.45, 2.75) is 75.5 Å². The maximum atomic E-state index is 13.1. The van der Waals surface area contributed by atoms with Gasteiger partial charge in [0.05, 0.1) is 6.04 Å². The summed E-state index contributed by atoms with van der Waals surface area (Å²) in [4.78, 5) is 65.3. The molecule has 0 aliphatic heterocycles. The van der Waals surface area contributed by atoms with Crippen LogP contribution in [0.1, 0.15) is 51.4 Å². The number of carboxylic acids is 1. The molecular weight excluding hydrogens is 518 g/mol. The molecule has 0 rings (SSSR count). The molecule has 0 aromatic heterocycles. The largest absolute Gasteiger partial charge is 0.480 e. The molecule has 218 valence electrons. The van der Waals surface area contributed by atoms with E-state index < -0.39 is 53.8 Å². The van der Waals surface area contributed by atoms with Gasteiger partial charge in [-0.1, -0.05) is 0 Å². The smallest absolute Gasteiger partial charge is 0.326 e. The minimum atomic E-state index is -1.21. The van der Waals surface area contributed by atoms with Crippen LogP contribution in [0.4, 0.5) is 0 Å². The Morgan fingerprint density at radius 3 is 1.92 bits per heavy atom. The predicted molar refractivity (Wildman–Crippen MR) is 146 cm³/mol. The van der Waals surface area contributed by atoms with E-state index in [-0.39, 0.29) is 44.6 Å². The van der Waals surface area contributed by atoms with Gasteiger partial charge in [-0.05, 0) is 63.5 Å². The number of carbonyl (C=O) groups excluding carboxylic acids is 4. The van der Waals surface area contributed by atoms with E-state index in [2.05, 4.69) is 20.9 Å². The summed E-state index contributed by atoms with van der Waals surface area (Å²) in [5.74, 6) is -3.54. The quantitative estimate of drug-likeness (QED) is 0.0388. The molecule has 38 heavy (non-hydrogen) atoms. The van der Waals surface area contributed by atoms with Crippen LogP contribution in [0.5, 0.6) is 0 Å². The Hall–Kier alpha value is -3.11. The summed E-state index contributed by atoms with van der Waals surface area (Å²) in [6.07, 6.45) is 3.61. The zero-order valence-electron chi connectivity index (χ0n) is 21.8. The average Bonchev–Trinajstić information content (AvgIpc) is 2.85. The lowest BCUT2D eigenvalue weighted by molar-refractivity contribution is -0.142. The number of amides is 4. The molecule has 0 aromatic carbocycles. The second-order valence-electron chi connectivity index (χ2n) is 8.65. The average molecular weight is 562 g/mol. The third-order valence-corrected chi connectivity index (χ3v) is 6.07. The van der Waals surface area contributed by atoms with Crippen LogP contribution in [0.3, 0.4) is 0 Å². The number of thioether (sulfide) groups is 1. The van der Waals surface area contributed by atoms with E-state index in [0.717, 1.165) is 0 Å². The highest BCUT2D eigenvalue weighted by Gasteiger charge is 2.30. The normalized spacial score (nSPS) is 13.9. The minimum Gasteiger partial charge on any atom is -0.480 e. The minimum absolute atomic E-state index is 0.0866. The molecule has 0 spiro atoms.